The van der Waals surface area contributed by atoms with Crippen molar-refractivity contribution in [2.45, 2.75) is 31.1 Å². The number of carbonyl (C=O) groups excluding carboxylic acids is 2. The number of benzene rings is 2. The van der Waals surface area contributed by atoms with Crippen LogP contribution in [0.5, 0.6) is 0 Å². The van der Waals surface area contributed by atoms with Gasteiger partial charge in [0.1, 0.15) is 0 Å². The van der Waals surface area contributed by atoms with Crippen molar-refractivity contribution in [1.29, 1.82) is 0 Å². The molecule has 0 N–H and O–H groups in total. The van der Waals surface area contributed by atoms with Gasteiger partial charge in [-0.2, -0.15) is 0 Å². The molecule has 102 valence electrons. The molecule has 0 spiro atoms. The first-order valence-corrected chi connectivity index (χ1v) is 7.60. The van der Waals surface area contributed by atoms with Crippen molar-refractivity contribution < 1.29 is 9.59 Å². The second-order valence-corrected chi connectivity index (χ2v) is 6.44. The first-order chi connectivity index (χ1) is 10.2. The largest absolute Gasteiger partial charge is 0.289 e. The highest BCUT2D eigenvalue weighted by Crippen LogP contribution is 2.54. The van der Waals surface area contributed by atoms with Crippen molar-refractivity contribution in [3.8, 4) is 0 Å². The lowest BCUT2D eigenvalue weighted by molar-refractivity contribution is 0.0979. The summed E-state index contributed by atoms with van der Waals surface area (Å²) in [5.41, 5.74) is 4.99. The van der Waals surface area contributed by atoms with Crippen LogP contribution in [-0.2, 0) is 0 Å². The van der Waals surface area contributed by atoms with E-state index >= 15 is 0 Å². The molecule has 2 bridgehead atoms. The zero-order valence-electron chi connectivity index (χ0n) is 11.6. The lowest BCUT2D eigenvalue weighted by Gasteiger charge is -2.22. The summed E-state index contributed by atoms with van der Waals surface area (Å²) < 4.78 is 0. The van der Waals surface area contributed by atoms with Crippen LogP contribution in [-0.4, -0.2) is 11.6 Å². The predicted octanol–water partition coefficient (Wildman–Crippen LogP) is 3.83. The molecular weight excluding hydrogens is 260 g/mol. The first-order valence-electron chi connectivity index (χ1n) is 7.60. The van der Waals surface area contributed by atoms with Crippen molar-refractivity contribution in [2.75, 3.05) is 0 Å². The van der Waals surface area contributed by atoms with Gasteiger partial charge < -0.3 is 0 Å². The summed E-state index contributed by atoms with van der Waals surface area (Å²) in [5, 5.41) is 0. The van der Waals surface area contributed by atoms with E-state index in [4.69, 9.17) is 0 Å². The number of rotatable bonds is 0. The van der Waals surface area contributed by atoms with Crippen LogP contribution in [0.3, 0.4) is 0 Å². The number of carbonyl (C=O) groups is 2. The van der Waals surface area contributed by atoms with Crippen LogP contribution in [0.1, 0.15) is 74.1 Å². The molecule has 21 heavy (non-hydrogen) atoms. The molecule has 0 heterocycles. The molecule has 2 aromatic rings. The molecule has 0 radical (unpaired) electrons. The maximum absolute atomic E-state index is 12.7. The Bertz CT molecular complexity index is 763. The van der Waals surface area contributed by atoms with Gasteiger partial charge in [0.2, 0.25) is 0 Å². The van der Waals surface area contributed by atoms with Crippen molar-refractivity contribution in [3.05, 3.63) is 69.8 Å². The Morgan fingerprint density at radius 3 is 1.67 bits per heavy atom. The molecule has 2 aromatic carbocycles. The summed E-state index contributed by atoms with van der Waals surface area (Å²) in [6, 6.07) is 11.2. The Labute approximate surface area is 122 Å². The van der Waals surface area contributed by atoms with Crippen LogP contribution in [0.4, 0.5) is 0 Å². The lowest BCUT2D eigenvalue weighted by Crippen LogP contribution is -2.21. The molecule has 2 heteroatoms. The number of fused-ring (bicyclic) bond motifs is 7. The van der Waals surface area contributed by atoms with Crippen molar-refractivity contribution in [1.82, 2.24) is 0 Å². The second kappa shape index (κ2) is 3.70. The average Bonchev–Trinajstić information content (AvgIpc) is 3.13. The van der Waals surface area contributed by atoms with Gasteiger partial charge in [0, 0.05) is 22.3 Å². The number of hydrogen-bond donors (Lipinski definition) is 0. The standard InChI is InChI=1S/C19H14O2/c20-18-12-3-1-2-4-13(12)19(21)17-9-15-11-6-5-10(7-11)14(15)8-16(17)18/h1-4,8-11H,5-7H2. The van der Waals surface area contributed by atoms with E-state index in [1.54, 1.807) is 12.1 Å². The Morgan fingerprint density at radius 1 is 0.714 bits per heavy atom. The van der Waals surface area contributed by atoms with E-state index in [9.17, 15) is 9.59 Å². The van der Waals surface area contributed by atoms with Gasteiger partial charge in [-0.3, -0.25) is 9.59 Å². The number of hydrogen-bond acceptors (Lipinski definition) is 2. The summed E-state index contributed by atoms with van der Waals surface area (Å²) in [6.45, 7) is 0. The fraction of sp³-hybridized carbons (Fsp3) is 0.263. The normalized spacial score (nSPS) is 24.8. The maximum atomic E-state index is 12.7. The van der Waals surface area contributed by atoms with E-state index in [0.717, 1.165) is 0 Å². The van der Waals surface area contributed by atoms with Crippen LogP contribution < -0.4 is 0 Å². The van der Waals surface area contributed by atoms with Gasteiger partial charge in [-0.1, -0.05) is 24.3 Å². The Morgan fingerprint density at radius 2 is 1.19 bits per heavy atom. The summed E-state index contributed by atoms with van der Waals surface area (Å²) in [4.78, 5) is 25.4. The zero-order valence-corrected chi connectivity index (χ0v) is 11.6. The van der Waals surface area contributed by atoms with Crippen molar-refractivity contribution in [2.24, 2.45) is 0 Å². The average molecular weight is 274 g/mol. The molecule has 0 aromatic heterocycles. The monoisotopic (exact) mass is 274 g/mol. The minimum atomic E-state index is 0.00535. The molecule has 0 aliphatic heterocycles. The highest BCUT2D eigenvalue weighted by atomic mass is 16.1. The van der Waals surface area contributed by atoms with E-state index in [1.807, 2.05) is 24.3 Å². The van der Waals surface area contributed by atoms with E-state index in [-0.39, 0.29) is 11.6 Å². The minimum Gasteiger partial charge on any atom is -0.289 e. The second-order valence-electron chi connectivity index (χ2n) is 6.44. The highest BCUT2D eigenvalue weighted by Gasteiger charge is 2.40. The van der Waals surface area contributed by atoms with E-state index < -0.39 is 0 Å². The molecule has 0 saturated heterocycles. The smallest absolute Gasteiger partial charge is 0.194 e. The molecule has 2 unspecified atom stereocenters. The SMILES string of the molecule is O=C1c2ccccc2C(=O)c2cc3c(cc21)C1CCC3C1. The lowest BCUT2D eigenvalue weighted by atomic mass is 9.79. The minimum absolute atomic E-state index is 0.00535. The van der Waals surface area contributed by atoms with Gasteiger partial charge in [0.05, 0.1) is 0 Å². The van der Waals surface area contributed by atoms with Gasteiger partial charge in [0.15, 0.2) is 11.6 Å². The van der Waals surface area contributed by atoms with Crippen LogP contribution in [0, 0.1) is 0 Å². The Balaban J connectivity index is 1.79. The molecule has 1 saturated carbocycles. The van der Waals surface area contributed by atoms with E-state index in [2.05, 4.69) is 0 Å². The van der Waals surface area contributed by atoms with E-state index in [1.165, 1.54) is 30.4 Å². The predicted molar refractivity (Wildman–Crippen MR) is 79.1 cm³/mol. The van der Waals surface area contributed by atoms with Crippen LogP contribution >= 0.6 is 0 Å². The molecule has 5 rings (SSSR count). The first kappa shape index (κ1) is 11.4. The zero-order chi connectivity index (χ0) is 14.1. The third-order valence-corrected chi connectivity index (χ3v) is 5.44. The Kier molecular flexibility index (Phi) is 2.02. The molecule has 2 nitrogen and oxygen atoms in total. The van der Waals surface area contributed by atoms with E-state index in [0.29, 0.717) is 34.1 Å². The molecule has 0 amide bonds. The third-order valence-electron chi connectivity index (χ3n) is 5.44. The topological polar surface area (TPSA) is 34.1 Å². The van der Waals surface area contributed by atoms with Crippen LogP contribution in [0.2, 0.25) is 0 Å². The summed E-state index contributed by atoms with van der Waals surface area (Å²) in [5.74, 6) is 1.22. The third kappa shape index (κ3) is 1.33. The fourth-order valence-electron chi connectivity index (χ4n) is 4.43. The number of ketones is 2. The van der Waals surface area contributed by atoms with Gasteiger partial charge in [-0.05, 0) is 54.4 Å². The summed E-state index contributed by atoms with van der Waals surface area (Å²) in [6.07, 6.45) is 3.66. The molecule has 3 aliphatic rings. The van der Waals surface area contributed by atoms with Crippen LogP contribution in [0.15, 0.2) is 36.4 Å². The summed E-state index contributed by atoms with van der Waals surface area (Å²) >= 11 is 0. The maximum Gasteiger partial charge on any atom is 0.194 e. The van der Waals surface area contributed by atoms with Crippen LogP contribution in [0.25, 0.3) is 0 Å². The van der Waals surface area contributed by atoms with Gasteiger partial charge in [-0.25, -0.2) is 0 Å². The molecule has 1 fully saturated rings. The van der Waals surface area contributed by atoms with Gasteiger partial charge in [-0.15, -0.1) is 0 Å². The fourth-order valence-corrected chi connectivity index (χ4v) is 4.43. The highest BCUT2D eigenvalue weighted by molar-refractivity contribution is 6.28. The van der Waals surface area contributed by atoms with Gasteiger partial charge >= 0.3 is 0 Å². The molecule has 2 atom stereocenters. The van der Waals surface area contributed by atoms with Crippen molar-refractivity contribution in [3.63, 3.8) is 0 Å². The summed E-state index contributed by atoms with van der Waals surface area (Å²) in [7, 11) is 0. The van der Waals surface area contributed by atoms with Crippen molar-refractivity contribution >= 4 is 11.6 Å². The Hall–Kier alpha value is -2.22. The van der Waals surface area contributed by atoms with Gasteiger partial charge in [0.25, 0.3) is 0 Å². The molecule has 3 aliphatic carbocycles. The quantitative estimate of drug-likeness (QED) is 0.624. The molecular formula is C19H14O2.